The monoisotopic (exact) mass is 555 g/mol. The predicted molar refractivity (Wildman–Crippen MR) is 159 cm³/mol. The smallest absolute Gasteiger partial charge is 0.324 e. The third-order valence-corrected chi connectivity index (χ3v) is 8.69. The number of primary amides is 1. The Morgan fingerprint density at radius 1 is 1.02 bits per heavy atom. The van der Waals surface area contributed by atoms with E-state index in [4.69, 9.17) is 10.7 Å². The Bertz CT molecular complexity index is 1390. The second-order valence-corrected chi connectivity index (χ2v) is 11.4. The van der Waals surface area contributed by atoms with Crippen LogP contribution in [0.2, 0.25) is 0 Å². The van der Waals surface area contributed by atoms with Gasteiger partial charge in [-0.2, -0.15) is 4.98 Å². The van der Waals surface area contributed by atoms with Crippen molar-refractivity contribution in [2.75, 3.05) is 54.4 Å². The number of carbonyl (C=O) groups is 2. The second-order valence-electron chi connectivity index (χ2n) is 11.4. The maximum atomic E-state index is 13.3. The number of hydrogen-bond acceptors (Lipinski definition) is 8. The molecule has 3 amide bonds. The van der Waals surface area contributed by atoms with Gasteiger partial charge in [0.15, 0.2) is 11.5 Å². The molecular formula is C30H37N9O2. The molecule has 0 radical (unpaired) electrons. The number of benzene rings is 2. The van der Waals surface area contributed by atoms with Crippen molar-refractivity contribution in [3.8, 4) is 0 Å². The molecule has 4 N–H and O–H groups in total. The van der Waals surface area contributed by atoms with Crippen molar-refractivity contribution in [1.82, 2.24) is 25.4 Å². The van der Waals surface area contributed by atoms with Crippen molar-refractivity contribution in [2.45, 2.75) is 44.1 Å². The zero-order valence-corrected chi connectivity index (χ0v) is 23.4. The number of nitrogens with zero attached hydrogens (tertiary/aromatic N) is 6. The van der Waals surface area contributed by atoms with Crippen LogP contribution < -0.4 is 26.2 Å². The van der Waals surface area contributed by atoms with Crippen molar-refractivity contribution in [1.29, 1.82) is 0 Å². The molecule has 0 spiro atoms. The van der Waals surface area contributed by atoms with E-state index in [0.29, 0.717) is 25.6 Å². The third-order valence-electron chi connectivity index (χ3n) is 8.69. The van der Waals surface area contributed by atoms with Crippen LogP contribution in [0.5, 0.6) is 0 Å². The quantitative estimate of drug-likeness (QED) is 0.405. The summed E-state index contributed by atoms with van der Waals surface area (Å²) in [5.41, 5.74) is 8.76. The summed E-state index contributed by atoms with van der Waals surface area (Å²) in [6.07, 6.45) is 3.98. The highest BCUT2D eigenvalue weighted by atomic mass is 16.2. The fraction of sp³-hybridized carbons (Fsp3) is 0.433. The molecule has 214 valence electrons. The highest BCUT2D eigenvalue weighted by molar-refractivity contribution is 5.96. The molecule has 3 aliphatic heterocycles. The van der Waals surface area contributed by atoms with E-state index in [9.17, 15) is 9.59 Å². The van der Waals surface area contributed by atoms with Crippen LogP contribution in [0.3, 0.4) is 0 Å². The van der Waals surface area contributed by atoms with E-state index in [-0.39, 0.29) is 29.0 Å². The zero-order chi connectivity index (χ0) is 28.4. The van der Waals surface area contributed by atoms with E-state index in [1.165, 1.54) is 5.56 Å². The van der Waals surface area contributed by atoms with Gasteiger partial charge in [0.2, 0.25) is 5.95 Å². The maximum absolute atomic E-state index is 13.3. The maximum Gasteiger partial charge on any atom is 0.324 e. The van der Waals surface area contributed by atoms with Crippen molar-refractivity contribution >= 4 is 35.1 Å². The van der Waals surface area contributed by atoms with Crippen LogP contribution in [0.1, 0.15) is 48.7 Å². The Labute approximate surface area is 240 Å². The molecule has 3 aliphatic rings. The molecule has 2 aromatic carbocycles. The van der Waals surface area contributed by atoms with Crippen LogP contribution in [-0.4, -0.2) is 77.3 Å². The zero-order valence-electron chi connectivity index (χ0n) is 23.4. The molecule has 11 heteroatoms. The predicted octanol–water partition coefficient (Wildman–Crippen LogP) is 3.27. The standard InChI is InChI=1S/C30H37N9O2/c1-30(13-15-32-16-14-30)21-9-11-22(12-10-21)33-27-25(26(31)40)35-36-28(34-27)37-17-5-8-24(20-37)39-19-18-38(29(39)41)23-6-3-2-4-7-23/h2-4,6-7,9-12,24,32H,5,8,13-20H2,1H3,(H2,31,40)(H,33,34,36). The number of aromatic nitrogens is 3. The third kappa shape index (κ3) is 5.54. The normalized spacial score (nSPS) is 20.8. The van der Waals surface area contributed by atoms with Crippen LogP contribution in [0.25, 0.3) is 0 Å². The Hall–Kier alpha value is -4.25. The summed E-state index contributed by atoms with van der Waals surface area (Å²) < 4.78 is 0. The van der Waals surface area contributed by atoms with Gasteiger partial charge in [0.05, 0.1) is 6.04 Å². The summed E-state index contributed by atoms with van der Waals surface area (Å²) in [5, 5.41) is 15.1. The van der Waals surface area contributed by atoms with Gasteiger partial charge < -0.3 is 26.2 Å². The minimum absolute atomic E-state index is 0.00933. The minimum atomic E-state index is -0.696. The molecule has 41 heavy (non-hydrogen) atoms. The number of hydrogen-bond donors (Lipinski definition) is 3. The number of carbonyl (C=O) groups excluding carboxylic acids is 2. The average Bonchev–Trinajstić information content (AvgIpc) is 3.39. The van der Waals surface area contributed by atoms with Gasteiger partial charge in [-0.25, -0.2) is 4.79 Å². The lowest BCUT2D eigenvalue weighted by atomic mass is 9.75. The first-order valence-corrected chi connectivity index (χ1v) is 14.4. The molecule has 0 aliphatic carbocycles. The number of nitrogens with two attached hydrogens (primary N) is 1. The highest BCUT2D eigenvalue weighted by Gasteiger charge is 2.37. The van der Waals surface area contributed by atoms with Gasteiger partial charge in [0.25, 0.3) is 5.91 Å². The van der Waals surface area contributed by atoms with Gasteiger partial charge in [0, 0.05) is 37.6 Å². The van der Waals surface area contributed by atoms with Crippen molar-refractivity contribution in [3.63, 3.8) is 0 Å². The topological polar surface area (TPSA) is 133 Å². The Balaban J connectivity index is 1.18. The molecule has 3 saturated heterocycles. The second kappa shape index (κ2) is 11.3. The fourth-order valence-electron chi connectivity index (χ4n) is 6.20. The Kier molecular flexibility index (Phi) is 7.44. The molecular weight excluding hydrogens is 518 g/mol. The van der Waals surface area contributed by atoms with Gasteiger partial charge in [-0.1, -0.05) is 37.3 Å². The van der Waals surface area contributed by atoms with Gasteiger partial charge in [-0.3, -0.25) is 9.69 Å². The summed E-state index contributed by atoms with van der Waals surface area (Å²) in [5.74, 6) is -0.0105. The largest absolute Gasteiger partial charge is 0.364 e. The van der Waals surface area contributed by atoms with Gasteiger partial charge in [0.1, 0.15) is 0 Å². The first-order chi connectivity index (χ1) is 19.9. The lowest BCUT2D eigenvalue weighted by molar-refractivity contribution is 0.0995. The molecule has 4 heterocycles. The first-order valence-electron chi connectivity index (χ1n) is 14.4. The molecule has 1 aromatic heterocycles. The number of rotatable bonds is 7. The summed E-state index contributed by atoms with van der Waals surface area (Å²) in [7, 11) is 0. The van der Waals surface area contributed by atoms with E-state index in [2.05, 4.69) is 39.9 Å². The highest BCUT2D eigenvalue weighted by Crippen LogP contribution is 2.34. The van der Waals surface area contributed by atoms with Gasteiger partial charge in [-0.15, -0.1) is 10.2 Å². The Morgan fingerprint density at radius 3 is 2.51 bits per heavy atom. The summed E-state index contributed by atoms with van der Waals surface area (Å²) in [4.78, 5) is 36.0. The van der Waals surface area contributed by atoms with Crippen LogP contribution >= 0.6 is 0 Å². The number of para-hydroxylation sites is 1. The van der Waals surface area contributed by atoms with E-state index in [1.54, 1.807) is 0 Å². The van der Waals surface area contributed by atoms with Crippen molar-refractivity contribution < 1.29 is 9.59 Å². The summed E-state index contributed by atoms with van der Waals surface area (Å²) in [6.45, 7) is 7.00. The number of amides is 3. The first kappa shape index (κ1) is 26.9. The van der Waals surface area contributed by atoms with E-state index >= 15 is 0 Å². The molecule has 0 saturated carbocycles. The molecule has 3 fully saturated rings. The fourth-order valence-corrected chi connectivity index (χ4v) is 6.20. The lowest BCUT2D eigenvalue weighted by Gasteiger charge is -2.37. The lowest BCUT2D eigenvalue weighted by Crippen LogP contribution is -2.50. The van der Waals surface area contributed by atoms with Crippen molar-refractivity contribution in [3.05, 3.63) is 65.9 Å². The van der Waals surface area contributed by atoms with Gasteiger partial charge in [-0.05, 0) is 74.0 Å². The number of urea groups is 1. The van der Waals surface area contributed by atoms with Crippen LogP contribution in [0.4, 0.5) is 27.9 Å². The molecule has 0 bridgehead atoms. The Morgan fingerprint density at radius 2 is 1.78 bits per heavy atom. The van der Waals surface area contributed by atoms with E-state index < -0.39 is 5.91 Å². The summed E-state index contributed by atoms with van der Waals surface area (Å²) >= 11 is 0. The minimum Gasteiger partial charge on any atom is -0.364 e. The number of piperidine rings is 2. The molecule has 3 aromatic rings. The van der Waals surface area contributed by atoms with Gasteiger partial charge >= 0.3 is 6.03 Å². The molecule has 11 nitrogen and oxygen atoms in total. The number of nitrogens with one attached hydrogen (secondary N) is 2. The van der Waals surface area contributed by atoms with E-state index in [1.807, 2.05) is 57.2 Å². The number of anilines is 4. The van der Waals surface area contributed by atoms with Crippen molar-refractivity contribution in [2.24, 2.45) is 5.73 Å². The average molecular weight is 556 g/mol. The summed E-state index contributed by atoms with van der Waals surface area (Å²) in [6, 6.07) is 18.1. The van der Waals surface area contributed by atoms with Crippen LogP contribution in [0.15, 0.2) is 54.6 Å². The van der Waals surface area contributed by atoms with Crippen LogP contribution in [0, 0.1) is 0 Å². The van der Waals surface area contributed by atoms with E-state index in [0.717, 1.165) is 56.7 Å². The molecule has 1 atom stereocenters. The molecule has 1 unspecified atom stereocenters. The van der Waals surface area contributed by atoms with Crippen LogP contribution in [-0.2, 0) is 5.41 Å². The SMILES string of the molecule is CC1(c2ccc(Nc3nc(N4CCCC(N5CCN(c6ccccc6)C5=O)C4)nnc3C(N)=O)cc2)CCNCC1. The molecule has 6 rings (SSSR count).